The monoisotopic (exact) mass is 276 g/mol. The molecule has 1 aromatic rings. The van der Waals surface area contributed by atoms with Crippen LogP contribution in [0.4, 0.5) is 0 Å². The van der Waals surface area contributed by atoms with Gasteiger partial charge in [0.05, 0.1) is 11.8 Å². The molecule has 0 aliphatic heterocycles. The minimum Gasteiger partial charge on any atom is -0.391 e. The molecule has 1 saturated carbocycles. The van der Waals surface area contributed by atoms with Crippen molar-refractivity contribution in [3.63, 3.8) is 0 Å². The van der Waals surface area contributed by atoms with Gasteiger partial charge in [-0.3, -0.25) is 9.88 Å². The van der Waals surface area contributed by atoms with Crippen molar-refractivity contribution < 1.29 is 5.11 Å². The largest absolute Gasteiger partial charge is 0.391 e. The van der Waals surface area contributed by atoms with E-state index in [-0.39, 0.29) is 12.1 Å². The van der Waals surface area contributed by atoms with Crippen LogP contribution in [0.5, 0.6) is 0 Å². The molecule has 0 radical (unpaired) electrons. The fourth-order valence-electron chi connectivity index (χ4n) is 3.30. The lowest BCUT2D eigenvalue weighted by molar-refractivity contribution is 0.00273. The maximum Gasteiger partial charge on any atom is 0.0695 e. The first-order valence-electron chi connectivity index (χ1n) is 7.78. The Morgan fingerprint density at radius 3 is 2.75 bits per heavy atom. The van der Waals surface area contributed by atoms with Crippen molar-refractivity contribution in [2.75, 3.05) is 7.05 Å². The summed E-state index contributed by atoms with van der Waals surface area (Å²) in [7, 11) is 2.11. The molecule has 1 fully saturated rings. The minimum atomic E-state index is -0.195. The molecule has 0 bridgehead atoms. The molecule has 1 aromatic heterocycles. The zero-order valence-electron chi connectivity index (χ0n) is 13.2. The summed E-state index contributed by atoms with van der Waals surface area (Å²) in [5.41, 5.74) is 2.14. The van der Waals surface area contributed by atoms with Gasteiger partial charge in [0.15, 0.2) is 0 Å². The molecule has 0 amide bonds. The highest BCUT2D eigenvalue weighted by molar-refractivity contribution is 5.10. The van der Waals surface area contributed by atoms with Crippen LogP contribution in [-0.2, 0) is 6.54 Å². The first kappa shape index (κ1) is 15.5. The van der Waals surface area contributed by atoms with E-state index in [4.69, 9.17) is 0 Å². The van der Waals surface area contributed by atoms with Gasteiger partial charge >= 0.3 is 0 Å². The summed E-state index contributed by atoms with van der Waals surface area (Å²) in [6.45, 7) is 7.42. The third-order valence-electron chi connectivity index (χ3n) is 4.69. The molecular weight excluding hydrogens is 248 g/mol. The van der Waals surface area contributed by atoms with Gasteiger partial charge in [-0.05, 0) is 57.2 Å². The molecule has 2 rings (SSSR count). The highest BCUT2D eigenvalue weighted by Gasteiger charge is 2.33. The first-order valence-corrected chi connectivity index (χ1v) is 7.78. The lowest BCUT2D eigenvalue weighted by atomic mass is 9.77. The molecular formula is C17H28N2O. The van der Waals surface area contributed by atoms with Crippen LogP contribution in [-0.4, -0.2) is 34.2 Å². The second-order valence-corrected chi connectivity index (χ2v) is 6.64. The fraction of sp³-hybridized carbons (Fsp3) is 0.706. The molecule has 1 heterocycles. The Balaban J connectivity index is 2.01. The molecule has 3 unspecified atom stereocenters. The van der Waals surface area contributed by atoms with Gasteiger partial charge in [0.2, 0.25) is 0 Å². The number of pyridine rings is 1. The molecule has 1 N–H and O–H groups in total. The van der Waals surface area contributed by atoms with Crippen molar-refractivity contribution in [2.45, 2.75) is 58.7 Å². The molecule has 3 nitrogen and oxygen atoms in total. The molecule has 1 aliphatic rings. The zero-order chi connectivity index (χ0) is 14.7. The highest BCUT2D eigenvalue weighted by atomic mass is 16.3. The summed E-state index contributed by atoms with van der Waals surface area (Å²) in [6.07, 6.45) is 2.99. The summed E-state index contributed by atoms with van der Waals surface area (Å²) in [4.78, 5) is 6.84. The van der Waals surface area contributed by atoms with Gasteiger partial charge in [-0.1, -0.05) is 19.9 Å². The number of hydrogen-bond acceptors (Lipinski definition) is 3. The van der Waals surface area contributed by atoms with Gasteiger partial charge in [0.1, 0.15) is 0 Å². The van der Waals surface area contributed by atoms with Crippen LogP contribution in [0.2, 0.25) is 0 Å². The lowest BCUT2D eigenvalue weighted by Gasteiger charge is -2.40. The van der Waals surface area contributed by atoms with Crippen LogP contribution in [0.1, 0.15) is 44.5 Å². The van der Waals surface area contributed by atoms with Gasteiger partial charge in [0.25, 0.3) is 0 Å². The number of aliphatic hydroxyl groups excluding tert-OH is 1. The van der Waals surface area contributed by atoms with E-state index in [2.05, 4.69) is 42.9 Å². The Bertz CT molecular complexity index is 433. The Labute approximate surface area is 123 Å². The average molecular weight is 276 g/mol. The van der Waals surface area contributed by atoms with Crippen LogP contribution in [0.25, 0.3) is 0 Å². The molecule has 3 heteroatoms. The quantitative estimate of drug-likeness (QED) is 0.918. The van der Waals surface area contributed by atoms with Crippen molar-refractivity contribution in [2.24, 2.45) is 11.8 Å². The second-order valence-electron chi connectivity index (χ2n) is 6.64. The van der Waals surface area contributed by atoms with Gasteiger partial charge in [-0.25, -0.2) is 0 Å². The maximum absolute atomic E-state index is 10.3. The summed E-state index contributed by atoms with van der Waals surface area (Å²) in [5, 5.41) is 10.3. The normalized spacial score (nSPS) is 27.2. The van der Waals surface area contributed by atoms with E-state index in [1.807, 2.05) is 13.0 Å². The third-order valence-corrected chi connectivity index (χ3v) is 4.69. The number of aliphatic hydroxyl groups is 1. The van der Waals surface area contributed by atoms with Crippen molar-refractivity contribution in [1.82, 2.24) is 9.88 Å². The van der Waals surface area contributed by atoms with Crippen LogP contribution >= 0.6 is 0 Å². The minimum absolute atomic E-state index is 0.195. The average Bonchev–Trinajstić information content (AvgIpc) is 2.38. The van der Waals surface area contributed by atoms with Gasteiger partial charge in [0, 0.05) is 18.3 Å². The third kappa shape index (κ3) is 3.80. The highest BCUT2D eigenvalue weighted by Crippen LogP contribution is 2.32. The Morgan fingerprint density at radius 2 is 2.10 bits per heavy atom. The summed E-state index contributed by atoms with van der Waals surface area (Å²) < 4.78 is 0. The second kappa shape index (κ2) is 6.68. The summed E-state index contributed by atoms with van der Waals surface area (Å²) in [5.74, 6) is 1.44. The van der Waals surface area contributed by atoms with E-state index in [1.54, 1.807) is 0 Å². The van der Waals surface area contributed by atoms with E-state index >= 15 is 0 Å². The topological polar surface area (TPSA) is 36.4 Å². The van der Waals surface area contributed by atoms with E-state index in [0.29, 0.717) is 5.92 Å². The van der Waals surface area contributed by atoms with Gasteiger partial charge in [-0.2, -0.15) is 0 Å². The molecule has 112 valence electrons. The van der Waals surface area contributed by atoms with E-state index in [0.717, 1.165) is 43.1 Å². The predicted molar refractivity (Wildman–Crippen MR) is 82.4 cm³/mol. The van der Waals surface area contributed by atoms with Crippen LogP contribution in [0.15, 0.2) is 18.2 Å². The van der Waals surface area contributed by atoms with Crippen molar-refractivity contribution in [1.29, 1.82) is 0 Å². The maximum atomic E-state index is 10.3. The first-order chi connectivity index (χ1) is 9.47. The summed E-state index contributed by atoms with van der Waals surface area (Å²) >= 11 is 0. The Morgan fingerprint density at radius 1 is 1.35 bits per heavy atom. The number of aromatic nitrogens is 1. The van der Waals surface area contributed by atoms with Crippen LogP contribution in [0.3, 0.4) is 0 Å². The number of nitrogens with zero attached hydrogens (tertiary/aromatic N) is 2. The van der Waals surface area contributed by atoms with Crippen molar-refractivity contribution >= 4 is 0 Å². The zero-order valence-corrected chi connectivity index (χ0v) is 13.2. The SMILES string of the molecule is Cc1cccc(CN(C)C2CC(C(C)C)CCC2O)n1. The lowest BCUT2D eigenvalue weighted by Crippen LogP contribution is -2.46. The number of aryl methyl sites for hydroxylation is 1. The molecule has 3 atom stereocenters. The van der Waals surface area contributed by atoms with Crippen molar-refractivity contribution in [3.8, 4) is 0 Å². The van der Waals surface area contributed by atoms with Gasteiger partial charge < -0.3 is 5.11 Å². The van der Waals surface area contributed by atoms with E-state index in [9.17, 15) is 5.11 Å². The van der Waals surface area contributed by atoms with Crippen LogP contribution in [0, 0.1) is 18.8 Å². The molecule has 0 aromatic carbocycles. The Kier molecular flexibility index (Phi) is 5.17. The standard InChI is InChI=1S/C17H28N2O/c1-12(2)14-8-9-17(20)16(10-14)19(4)11-15-7-5-6-13(3)18-15/h5-7,12,14,16-17,20H,8-11H2,1-4H3. The predicted octanol–water partition coefficient (Wildman–Crippen LogP) is 3.01. The van der Waals surface area contributed by atoms with E-state index < -0.39 is 0 Å². The number of rotatable bonds is 4. The molecule has 0 saturated heterocycles. The summed E-state index contributed by atoms with van der Waals surface area (Å²) in [6, 6.07) is 6.41. The number of likely N-dealkylation sites (N-methyl/N-ethyl adjacent to an activating group) is 1. The van der Waals surface area contributed by atoms with Gasteiger partial charge in [-0.15, -0.1) is 0 Å². The molecule has 0 spiro atoms. The molecule has 1 aliphatic carbocycles. The molecule has 20 heavy (non-hydrogen) atoms. The van der Waals surface area contributed by atoms with Crippen molar-refractivity contribution in [3.05, 3.63) is 29.6 Å². The van der Waals surface area contributed by atoms with E-state index in [1.165, 1.54) is 0 Å². The van der Waals surface area contributed by atoms with Crippen LogP contribution < -0.4 is 0 Å². The smallest absolute Gasteiger partial charge is 0.0695 e. The Hall–Kier alpha value is -0.930. The number of hydrogen-bond donors (Lipinski definition) is 1. The fourth-order valence-corrected chi connectivity index (χ4v) is 3.30.